The van der Waals surface area contributed by atoms with Gasteiger partial charge in [0.2, 0.25) is 11.8 Å². The van der Waals surface area contributed by atoms with E-state index in [9.17, 15) is 27.9 Å². The van der Waals surface area contributed by atoms with Gasteiger partial charge >= 0.3 is 6.18 Å². The van der Waals surface area contributed by atoms with Crippen molar-refractivity contribution in [2.75, 3.05) is 4.90 Å². The van der Waals surface area contributed by atoms with Crippen molar-refractivity contribution in [1.82, 2.24) is 4.98 Å². The molecule has 3 aliphatic heterocycles. The topological polar surface area (TPSA) is 104 Å². The van der Waals surface area contributed by atoms with Crippen molar-refractivity contribution in [2.45, 2.75) is 43.8 Å². The van der Waals surface area contributed by atoms with E-state index in [0.717, 1.165) is 6.20 Å². The van der Waals surface area contributed by atoms with Crippen molar-refractivity contribution in [3.63, 3.8) is 0 Å². The minimum Gasteiger partial charge on any atom is -0.390 e. The highest BCUT2D eigenvalue weighted by Gasteiger charge is 2.75. The van der Waals surface area contributed by atoms with Crippen molar-refractivity contribution >= 4 is 17.5 Å². The van der Waals surface area contributed by atoms with Crippen molar-refractivity contribution < 1.29 is 32.6 Å². The Morgan fingerprint density at radius 3 is 2.56 bits per heavy atom. The number of hydrogen-bond acceptors (Lipinski definition) is 6. The van der Waals surface area contributed by atoms with Gasteiger partial charge in [-0.2, -0.15) is 18.4 Å². The van der Waals surface area contributed by atoms with Crippen LogP contribution in [0.2, 0.25) is 0 Å². The van der Waals surface area contributed by atoms with Gasteiger partial charge in [0, 0.05) is 6.42 Å². The summed E-state index contributed by atoms with van der Waals surface area (Å²) in [6.45, 7) is 3.14. The number of halogens is 3. The first-order valence-electron chi connectivity index (χ1n) is 8.17. The quantitative estimate of drug-likeness (QED) is 0.738. The molecule has 1 aromatic rings. The lowest BCUT2D eigenvalue weighted by Gasteiger charge is -2.31. The summed E-state index contributed by atoms with van der Waals surface area (Å²) >= 11 is 0. The Bertz CT molecular complexity index is 927. The summed E-state index contributed by atoms with van der Waals surface area (Å²) in [5.41, 5.74) is -4.88. The second-order valence-corrected chi connectivity index (χ2v) is 7.48. The molecule has 0 unspecified atom stereocenters. The van der Waals surface area contributed by atoms with Gasteiger partial charge in [0.15, 0.2) is 5.69 Å². The van der Waals surface area contributed by atoms with Crippen LogP contribution >= 0.6 is 0 Å². The van der Waals surface area contributed by atoms with Crippen molar-refractivity contribution in [1.29, 1.82) is 5.26 Å². The van der Waals surface area contributed by atoms with Gasteiger partial charge in [-0.05, 0) is 19.9 Å². The van der Waals surface area contributed by atoms with Crippen molar-refractivity contribution in [2.24, 2.45) is 11.8 Å². The molecule has 142 valence electrons. The summed E-state index contributed by atoms with van der Waals surface area (Å²) in [4.78, 5) is 30.0. The van der Waals surface area contributed by atoms with Crippen LogP contribution in [0.4, 0.5) is 18.9 Å². The lowest BCUT2D eigenvalue weighted by molar-refractivity contribution is -0.138. The summed E-state index contributed by atoms with van der Waals surface area (Å²) in [5.74, 6) is -3.33. The molecule has 0 aliphatic carbocycles. The highest BCUT2D eigenvalue weighted by atomic mass is 19.4. The number of hydrogen-bond donors (Lipinski definition) is 1. The smallest absolute Gasteiger partial charge is 0.390 e. The Labute approximate surface area is 151 Å². The normalized spacial score (nSPS) is 37.7. The standard InChI is InChI=1S/C17H14F3N3O4/c1-15-4-10(24)16(2,27-15)12-11(15)13(25)23(14(12)26)7-3-8(17(18,19)20)9(5-21)22-6-7/h3,6,10-12,24H,4H2,1-2H3/t10-,11+,12-,15+,16-/m1/s1. The van der Waals surface area contributed by atoms with Gasteiger partial charge in [0.25, 0.3) is 0 Å². The Hall–Kier alpha value is -2.51. The molecular formula is C17H14F3N3O4. The number of pyridine rings is 1. The molecule has 1 aromatic heterocycles. The van der Waals surface area contributed by atoms with Crippen molar-refractivity contribution in [3.8, 4) is 6.07 Å². The van der Waals surface area contributed by atoms with Gasteiger partial charge in [-0.25, -0.2) is 9.88 Å². The van der Waals surface area contributed by atoms with Gasteiger partial charge < -0.3 is 9.84 Å². The number of rotatable bonds is 1. The lowest BCUT2D eigenvalue weighted by Crippen LogP contribution is -2.49. The number of carbonyl (C=O) groups is 2. The predicted octanol–water partition coefficient (Wildman–Crippen LogP) is 1.39. The zero-order chi connectivity index (χ0) is 19.9. The van der Waals surface area contributed by atoms with Crippen LogP contribution in [0.1, 0.15) is 31.5 Å². The molecule has 2 amide bonds. The number of aliphatic hydroxyl groups is 1. The molecule has 0 aromatic carbocycles. The van der Waals surface area contributed by atoms with Gasteiger partial charge in [-0.3, -0.25) is 9.59 Å². The van der Waals surface area contributed by atoms with Crippen LogP contribution in [0.3, 0.4) is 0 Å². The molecule has 5 atom stereocenters. The van der Waals surface area contributed by atoms with E-state index in [1.165, 1.54) is 13.0 Å². The van der Waals surface area contributed by atoms with Crippen LogP contribution < -0.4 is 4.90 Å². The SMILES string of the molecule is C[C@@]12O[C@@](C)(C[C@H]1O)[C@@H]1C(=O)N(c3cnc(C#N)c(C(F)(F)F)c3)C(=O)[C@@H]12. The van der Waals surface area contributed by atoms with Crippen LogP contribution in [0.5, 0.6) is 0 Å². The minimum absolute atomic E-state index is 0.150. The number of alkyl halides is 3. The molecule has 10 heteroatoms. The Morgan fingerprint density at radius 2 is 1.96 bits per heavy atom. The maximum atomic E-state index is 13.2. The number of fused-ring (bicyclic) bond motifs is 5. The Balaban J connectivity index is 1.81. The molecular weight excluding hydrogens is 367 g/mol. The number of ether oxygens (including phenoxy) is 1. The fraction of sp³-hybridized carbons (Fsp3) is 0.529. The van der Waals surface area contributed by atoms with E-state index in [0.29, 0.717) is 11.0 Å². The third-order valence-electron chi connectivity index (χ3n) is 5.84. The molecule has 2 bridgehead atoms. The number of aromatic nitrogens is 1. The lowest BCUT2D eigenvalue weighted by atomic mass is 9.67. The van der Waals surface area contributed by atoms with E-state index >= 15 is 0 Å². The first-order chi connectivity index (χ1) is 12.4. The predicted molar refractivity (Wildman–Crippen MR) is 81.9 cm³/mol. The minimum atomic E-state index is -4.87. The highest BCUT2D eigenvalue weighted by Crippen LogP contribution is 2.61. The second kappa shape index (κ2) is 5.05. The zero-order valence-electron chi connectivity index (χ0n) is 14.2. The highest BCUT2D eigenvalue weighted by molar-refractivity contribution is 6.23. The maximum Gasteiger partial charge on any atom is 0.419 e. The summed E-state index contributed by atoms with van der Waals surface area (Å²) in [5, 5.41) is 19.1. The van der Waals surface area contributed by atoms with Gasteiger partial charge in [0.05, 0.1) is 41.0 Å². The summed E-state index contributed by atoms with van der Waals surface area (Å²) < 4.78 is 45.4. The first-order valence-corrected chi connectivity index (χ1v) is 8.17. The molecule has 4 heterocycles. The van der Waals surface area contributed by atoms with E-state index in [1.54, 1.807) is 6.92 Å². The first kappa shape index (κ1) is 17.9. The molecule has 1 N–H and O–H groups in total. The van der Waals surface area contributed by atoms with E-state index in [1.807, 2.05) is 0 Å². The van der Waals surface area contributed by atoms with Crippen LogP contribution in [-0.2, 0) is 20.5 Å². The monoisotopic (exact) mass is 381 g/mol. The number of anilines is 1. The maximum absolute atomic E-state index is 13.2. The molecule has 3 saturated heterocycles. The molecule has 4 rings (SSSR count). The average Bonchev–Trinajstić information content (AvgIpc) is 3.07. The molecule has 0 saturated carbocycles. The van der Waals surface area contributed by atoms with E-state index in [2.05, 4.69) is 4.98 Å². The van der Waals surface area contributed by atoms with Gasteiger partial charge in [0.1, 0.15) is 11.7 Å². The van der Waals surface area contributed by atoms with Crippen LogP contribution in [-0.4, -0.2) is 39.2 Å². The molecule has 0 radical (unpaired) electrons. The zero-order valence-corrected chi connectivity index (χ0v) is 14.2. The van der Waals surface area contributed by atoms with Gasteiger partial charge in [-0.1, -0.05) is 0 Å². The number of carbonyl (C=O) groups excluding carboxylic acids is 2. The molecule has 0 spiro atoms. The van der Waals surface area contributed by atoms with Crippen LogP contribution in [0, 0.1) is 23.2 Å². The van der Waals surface area contributed by atoms with E-state index in [4.69, 9.17) is 10.00 Å². The summed E-state index contributed by atoms with van der Waals surface area (Å²) in [6, 6.07) is 1.93. The summed E-state index contributed by atoms with van der Waals surface area (Å²) in [7, 11) is 0. The molecule has 27 heavy (non-hydrogen) atoms. The number of amides is 2. The van der Waals surface area contributed by atoms with Crippen LogP contribution in [0.25, 0.3) is 0 Å². The van der Waals surface area contributed by atoms with Crippen LogP contribution in [0.15, 0.2) is 12.3 Å². The second-order valence-electron chi connectivity index (χ2n) is 7.48. The fourth-order valence-electron chi connectivity index (χ4n) is 4.66. The van der Waals surface area contributed by atoms with Crippen molar-refractivity contribution in [3.05, 3.63) is 23.5 Å². The third kappa shape index (κ3) is 2.12. The number of nitriles is 1. The summed E-state index contributed by atoms with van der Waals surface area (Å²) in [6.07, 6.45) is -4.79. The molecule has 3 fully saturated rings. The van der Waals surface area contributed by atoms with E-state index < -0.39 is 58.4 Å². The Morgan fingerprint density at radius 1 is 1.33 bits per heavy atom. The third-order valence-corrected chi connectivity index (χ3v) is 5.84. The number of nitrogens with zero attached hydrogens (tertiary/aromatic N) is 3. The molecule has 3 aliphatic rings. The average molecular weight is 381 g/mol. The number of imide groups is 1. The van der Waals surface area contributed by atoms with E-state index in [-0.39, 0.29) is 12.1 Å². The number of aliphatic hydroxyl groups excluding tert-OH is 1. The largest absolute Gasteiger partial charge is 0.419 e. The molecule has 7 nitrogen and oxygen atoms in total. The fourth-order valence-corrected chi connectivity index (χ4v) is 4.66. The van der Waals surface area contributed by atoms with Gasteiger partial charge in [-0.15, -0.1) is 0 Å². The Kier molecular flexibility index (Phi) is 3.35.